The Morgan fingerprint density at radius 3 is 2.15 bits per heavy atom. The first-order valence-electron chi connectivity index (χ1n) is 7.75. The van der Waals surface area contributed by atoms with Crippen LogP contribution in [0, 0.1) is 0 Å². The topological polar surface area (TPSA) is 39.7 Å². The average Bonchev–Trinajstić information content (AvgIpc) is 2.54. The minimum absolute atomic E-state index is 0.243. The van der Waals surface area contributed by atoms with E-state index in [9.17, 15) is 26.3 Å². The molecule has 1 N–H and O–H groups in total. The van der Waals surface area contributed by atoms with Crippen molar-refractivity contribution in [2.75, 3.05) is 6.54 Å². The number of hydrogen-bond donors (Lipinski definition) is 1. The van der Waals surface area contributed by atoms with Crippen LogP contribution in [0.4, 0.5) is 26.3 Å². The summed E-state index contributed by atoms with van der Waals surface area (Å²) < 4.78 is 87.6. The van der Waals surface area contributed by atoms with Crippen LogP contribution in [0.1, 0.15) is 11.1 Å². The first-order valence-corrected chi connectivity index (χ1v) is 7.75. The summed E-state index contributed by atoms with van der Waals surface area (Å²) in [4.78, 5) is 0. The van der Waals surface area contributed by atoms with Crippen LogP contribution in [0.3, 0.4) is 0 Å². The summed E-state index contributed by atoms with van der Waals surface area (Å²) in [5, 5.41) is 3.18. The second kappa shape index (κ2) is 7.18. The third kappa shape index (κ3) is 5.43. The molecule has 0 radical (unpaired) electrons. The smallest absolute Gasteiger partial charge is 0.453 e. The van der Waals surface area contributed by atoms with Crippen LogP contribution in [0.2, 0.25) is 0 Å². The van der Waals surface area contributed by atoms with Gasteiger partial charge in [0, 0.05) is 12.6 Å². The molecule has 27 heavy (non-hydrogen) atoms. The fourth-order valence-corrected chi connectivity index (χ4v) is 2.62. The normalized spacial score (nSPS) is 14.4. The number of fused-ring (bicyclic) bond motifs is 1. The second-order valence-corrected chi connectivity index (χ2v) is 5.66. The highest BCUT2D eigenvalue weighted by atomic mass is 19.4. The Kier molecular flexibility index (Phi) is 5.09. The van der Waals surface area contributed by atoms with Crippen LogP contribution in [-0.4, -0.2) is 19.3 Å². The van der Waals surface area contributed by atoms with Gasteiger partial charge in [-0.05, 0) is 48.4 Å². The van der Waals surface area contributed by atoms with E-state index >= 15 is 0 Å². The number of benzene rings is 2. The molecular formula is C17H13F6NO3. The SMILES string of the molecule is FC(F)(F)Oc1ccc(Oc2ccc3c(c2)CCNC3)c(OC(F)(F)F)c1. The van der Waals surface area contributed by atoms with Crippen molar-refractivity contribution in [3.05, 3.63) is 47.5 Å². The quantitative estimate of drug-likeness (QED) is 0.749. The molecule has 146 valence electrons. The molecule has 0 saturated heterocycles. The second-order valence-electron chi connectivity index (χ2n) is 5.66. The van der Waals surface area contributed by atoms with Crippen molar-refractivity contribution >= 4 is 0 Å². The molecule has 0 saturated carbocycles. The standard InChI is InChI=1S/C17H13F6NO3/c18-16(19,20)26-13-3-4-14(15(8-13)27-17(21,22)23)25-12-2-1-11-9-24-6-5-10(11)7-12/h1-4,7-8,24H,5-6,9H2. The first-order chi connectivity index (χ1) is 12.6. The molecule has 3 rings (SSSR count). The summed E-state index contributed by atoms with van der Waals surface area (Å²) in [6.07, 6.45) is -9.45. The van der Waals surface area contributed by atoms with Crippen molar-refractivity contribution in [1.29, 1.82) is 0 Å². The Hall–Kier alpha value is -2.62. The van der Waals surface area contributed by atoms with E-state index in [2.05, 4.69) is 14.8 Å². The zero-order chi connectivity index (χ0) is 19.7. The Bertz CT molecular complexity index is 819. The molecule has 0 amide bonds. The fourth-order valence-electron chi connectivity index (χ4n) is 2.62. The van der Waals surface area contributed by atoms with Gasteiger partial charge in [0.15, 0.2) is 11.5 Å². The maximum Gasteiger partial charge on any atom is 0.573 e. The molecule has 1 aliphatic heterocycles. The van der Waals surface area contributed by atoms with Crippen molar-refractivity contribution in [2.24, 2.45) is 0 Å². The maximum atomic E-state index is 12.6. The third-order valence-electron chi connectivity index (χ3n) is 3.67. The molecule has 0 spiro atoms. The molecule has 0 atom stereocenters. The molecule has 0 aliphatic carbocycles. The lowest BCUT2D eigenvalue weighted by atomic mass is 10.0. The summed E-state index contributed by atoms with van der Waals surface area (Å²) in [6, 6.07) is 7.23. The summed E-state index contributed by atoms with van der Waals surface area (Å²) in [6.45, 7) is 1.42. The highest BCUT2D eigenvalue weighted by Gasteiger charge is 2.35. The number of rotatable bonds is 4. The highest BCUT2D eigenvalue weighted by Crippen LogP contribution is 2.39. The van der Waals surface area contributed by atoms with Gasteiger partial charge in [-0.1, -0.05) is 6.07 Å². The molecule has 0 aromatic heterocycles. The van der Waals surface area contributed by atoms with E-state index in [1.165, 1.54) is 0 Å². The van der Waals surface area contributed by atoms with E-state index in [1.807, 2.05) is 0 Å². The average molecular weight is 393 g/mol. The number of nitrogens with one attached hydrogen (secondary N) is 1. The predicted octanol–water partition coefficient (Wildman–Crippen LogP) is 4.92. The van der Waals surface area contributed by atoms with Crippen LogP contribution >= 0.6 is 0 Å². The number of alkyl halides is 6. The van der Waals surface area contributed by atoms with Gasteiger partial charge in [-0.15, -0.1) is 26.3 Å². The van der Waals surface area contributed by atoms with E-state index in [4.69, 9.17) is 4.74 Å². The molecule has 10 heteroatoms. The van der Waals surface area contributed by atoms with Gasteiger partial charge in [-0.3, -0.25) is 0 Å². The van der Waals surface area contributed by atoms with E-state index in [0.717, 1.165) is 36.2 Å². The van der Waals surface area contributed by atoms with Gasteiger partial charge in [0.1, 0.15) is 11.5 Å². The van der Waals surface area contributed by atoms with Crippen molar-refractivity contribution < 1.29 is 40.6 Å². The van der Waals surface area contributed by atoms with Crippen molar-refractivity contribution in [1.82, 2.24) is 5.32 Å². The van der Waals surface area contributed by atoms with Gasteiger partial charge >= 0.3 is 12.7 Å². The van der Waals surface area contributed by atoms with Crippen LogP contribution < -0.4 is 19.5 Å². The highest BCUT2D eigenvalue weighted by molar-refractivity contribution is 5.48. The number of hydrogen-bond acceptors (Lipinski definition) is 4. The van der Waals surface area contributed by atoms with Gasteiger partial charge in [0.05, 0.1) is 0 Å². The van der Waals surface area contributed by atoms with Crippen LogP contribution in [-0.2, 0) is 13.0 Å². The zero-order valence-corrected chi connectivity index (χ0v) is 13.6. The van der Waals surface area contributed by atoms with E-state index in [-0.39, 0.29) is 5.75 Å². The van der Waals surface area contributed by atoms with Gasteiger partial charge in [0.2, 0.25) is 0 Å². The lowest BCUT2D eigenvalue weighted by molar-refractivity contribution is -0.276. The Morgan fingerprint density at radius 2 is 1.44 bits per heavy atom. The minimum atomic E-state index is -5.11. The summed E-state index contributed by atoms with van der Waals surface area (Å²) in [7, 11) is 0. The molecule has 1 heterocycles. The van der Waals surface area contributed by atoms with E-state index < -0.39 is 30.0 Å². The van der Waals surface area contributed by atoms with E-state index in [1.54, 1.807) is 18.2 Å². The molecular weight excluding hydrogens is 380 g/mol. The molecule has 1 aliphatic rings. The fraction of sp³-hybridized carbons (Fsp3) is 0.294. The van der Waals surface area contributed by atoms with Gasteiger partial charge < -0.3 is 19.5 Å². The lowest BCUT2D eigenvalue weighted by Crippen LogP contribution is -2.23. The van der Waals surface area contributed by atoms with E-state index in [0.29, 0.717) is 12.6 Å². The Morgan fingerprint density at radius 1 is 0.741 bits per heavy atom. The predicted molar refractivity (Wildman–Crippen MR) is 81.7 cm³/mol. The zero-order valence-electron chi connectivity index (χ0n) is 13.6. The molecule has 2 aromatic carbocycles. The summed E-state index contributed by atoms with van der Waals surface area (Å²) in [5.74, 6) is -1.95. The molecule has 2 aromatic rings. The monoisotopic (exact) mass is 393 g/mol. The molecule has 0 bridgehead atoms. The molecule has 0 fully saturated rings. The number of ether oxygens (including phenoxy) is 3. The third-order valence-corrected chi connectivity index (χ3v) is 3.67. The van der Waals surface area contributed by atoms with Crippen LogP contribution in [0.25, 0.3) is 0 Å². The van der Waals surface area contributed by atoms with Gasteiger partial charge in [-0.2, -0.15) is 0 Å². The summed E-state index contributed by atoms with van der Waals surface area (Å²) in [5.41, 5.74) is 2.01. The first kappa shape index (κ1) is 19.2. The van der Waals surface area contributed by atoms with Crippen molar-refractivity contribution in [2.45, 2.75) is 25.7 Å². The lowest BCUT2D eigenvalue weighted by Gasteiger charge is -2.19. The maximum absolute atomic E-state index is 12.6. The molecule has 0 unspecified atom stereocenters. The number of halogens is 6. The van der Waals surface area contributed by atoms with Crippen molar-refractivity contribution in [3.63, 3.8) is 0 Å². The molecule has 4 nitrogen and oxygen atoms in total. The van der Waals surface area contributed by atoms with Crippen molar-refractivity contribution in [3.8, 4) is 23.0 Å². The van der Waals surface area contributed by atoms with Crippen LogP contribution in [0.15, 0.2) is 36.4 Å². The van der Waals surface area contributed by atoms with Crippen LogP contribution in [0.5, 0.6) is 23.0 Å². The summed E-state index contributed by atoms with van der Waals surface area (Å²) >= 11 is 0. The Balaban J connectivity index is 1.89. The largest absolute Gasteiger partial charge is 0.573 e. The Labute approximate surface area is 149 Å². The minimum Gasteiger partial charge on any atom is -0.453 e. The van der Waals surface area contributed by atoms with Gasteiger partial charge in [0.25, 0.3) is 0 Å². The van der Waals surface area contributed by atoms with Gasteiger partial charge in [-0.25, -0.2) is 0 Å².